The Morgan fingerprint density at radius 1 is 1.21 bits per heavy atom. The van der Waals surface area contributed by atoms with Crippen molar-refractivity contribution in [3.63, 3.8) is 0 Å². The number of carbonyl (C=O) groups is 1. The number of hydrogen-bond acceptors (Lipinski definition) is 4. The molecule has 24 heavy (non-hydrogen) atoms. The van der Waals surface area contributed by atoms with Gasteiger partial charge >= 0.3 is 5.97 Å². The number of halogens is 1. The van der Waals surface area contributed by atoms with E-state index in [4.69, 9.17) is 20.8 Å². The molecular formula is C19H16ClNO3. The van der Waals surface area contributed by atoms with Gasteiger partial charge in [0.25, 0.3) is 0 Å². The Morgan fingerprint density at radius 3 is 2.79 bits per heavy atom. The Kier molecular flexibility index (Phi) is 4.96. The highest BCUT2D eigenvalue weighted by atomic mass is 35.5. The largest absolute Gasteiger partial charge is 0.441 e. The third kappa shape index (κ3) is 4.03. The third-order valence-corrected chi connectivity index (χ3v) is 3.78. The van der Waals surface area contributed by atoms with Crippen molar-refractivity contribution in [1.29, 1.82) is 0 Å². The van der Waals surface area contributed by atoms with Gasteiger partial charge in [-0.2, -0.15) is 0 Å². The van der Waals surface area contributed by atoms with Gasteiger partial charge in [-0.05, 0) is 24.6 Å². The molecule has 1 aromatic heterocycles. The topological polar surface area (TPSA) is 52.3 Å². The molecule has 1 heterocycles. The lowest BCUT2D eigenvalue weighted by Gasteiger charge is -2.06. The fourth-order valence-electron chi connectivity index (χ4n) is 2.23. The van der Waals surface area contributed by atoms with Crippen LogP contribution in [0.3, 0.4) is 0 Å². The SMILES string of the molecule is Cc1ccc(Cl)c(OC(=O)CCc2ncc(-c3ccccc3)o2)c1. The lowest BCUT2D eigenvalue weighted by Crippen LogP contribution is -2.09. The van der Waals surface area contributed by atoms with Crippen LogP contribution in [0, 0.1) is 6.92 Å². The number of aromatic nitrogens is 1. The molecule has 0 fully saturated rings. The molecule has 0 atom stereocenters. The molecule has 0 spiro atoms. The van der Waals surface area contributed by atoms with E-state index in [2.05, 4.69) is 4.98 Å². The first-order valence-electron chi connectivity index (χ1n) is 7.59. The van der Waals surface area contributed by atoms with Gasteiger partial charge in [-0.1, -0.05) is 48.0 Å². The van der Waals surface area contributed by atoms with E-state index < -0.39 is 0 Å². The Bertz CT molecular complexity index is 843. The molecule has 5 heteroatoms. The van der Waals surface area contributed by atoms with Crippen LogP contribution in [-0.4, -0.2) is 11.0 Å². The number of aryl methyl sites for hydroxylation is 2. The molecule has 0 N–H and O–H groups in total. The molecule has 0 aliphatic heterocycles. The molecular weight excluding hydrogens is 326 g/mol. The van der Waals surface area contributed by atoms with Crippen molar-refractivity contribution in [3.05, 3.63) is 71.2 Å². The molecule has 0 aliphatic rings. The second kappa shape index (κ2) is 7.32. The van der Waals surface area contributed by atoms with Gasteiger partial charge in [0, 0.05) is 12.0 Å². The van der Waals surface area contributed by atoms with Crippen molar-refractivity contribution >= 4 is 17.6 Å². The average Bonchev–Trinajstić information content (AvgIpc) is 3.06. The van der Waals surface area contributed by atoms with Crippen LogP contribution in [0.1, 0.15) is 17.9 Å². The predicted molar refractivity (Wildman–Crippen MR) is 92.1 cm³/mol. The van der Waals surface area contributed by atoms with E-state index in [-0.39, 0.29) is 12.4 Å². The maximum absolute atomic E-state index is 12.0. The molecule has 0 aliphatic carbocycles. The second-order valence-corrected chi connectivity index (χ2v) is 5.80. The standard InChI is InChI=1S/C19H16ClNO3/c1-13-7-8-15(20)16(11-13)24-19(22)10-9-18-21-12-17(23-18)14-5-3-2-4-6-14/h2-8,11-12H,9-10H2,1H3. The average molecular weight is 342 g/mol. The minimum Gasteiger partial charge on any atom is -0.441 e. The maximum atomic E-state index is 12.0. The monoisotopic (exact) mass is 341 g/mol. The molecule has 3 aromatic rings. The van der Waals surface area contributed by atoms with E-state index in [1.807, 2.05) is 43.3 Å². The summed E-state index contributed by atoms with van der Waals surface area (Å²) in [5.74, 6) is 1.18. The Balaban J connectivity index is 1.59. The predicted octanol–water partition coefficient (Wildman–Crippen LogP) is 4.84. The fraction of sp³-hybridized carbons (Fsp3) is 0.158. The summed E-state index contributed by atoms with van der Waals surface area (Å²) < 4.78 is 11.0. The van der Waals surface area contributed by atoms with Gasteiger partial charge in [0.2, 0.25) is 0 Å². The number of ether oxygens (including phenoxy) is 1. The molecule has 0 amide bonds. The van der Waals surface area contributed by atoms with Crippen LogP contribution in [0.15, 0.2) is 59.1 Å². The highest BCUT2D eigenvalue weighted by Crippen LogP contribution is 2.26. The minimum absolute atomic E-state index is 0.166. The first kappa shape index (κ1) is 16.3. The van der Waals surface area contributed by atoms with Crippen LogP contribution in [-0.2, 0) is 11.2 Å². The highest BCUT2D eigenvalue weighted by Gasteiger charge is 2.12. The van der Waals surface area contributed by atoms with E-state index in [0.717, 1.165) is 11.1 Å². The highest BCUT2D eigenvalue weighted by molar-refractivity contribution is 6.32. The van der Waals surface area contributed by atoms with Crippen LogP contribution >= 0.6 is 11.6 Å². The number of carbonyl (C=O) groups excluding carboxylic acids is 1. The summed E-state index contributed by atoms with van der Waals surface area (Å²) in [6, 6.07) is 15.0. The summed E-state index contributed by atoms with van der Waals surface area (Å²) in [5.41, 5.74) is 1.92. The summed E-state index contributed by atoms with van der Waals surface area (Å²) in [6.45, 7) is 1.91. The summed E-state index contributed by atoms with van der Waals surface area (Å²) in [5, 5.41) is 0.413. The zero-order valence-electron chi connectivity index (χ0n) is 13.2. The van der Waals surface area contributed by atoms with Gasteiger partial charge in [0.15, 0.2) is 11.7 Å². The number of oxazole rings is 1. The van der Waals surface area contributed by atoms with Gasteiger partial charge < -0.3 is 9.15 Å². The van der Waals surface area contributed by atoms with E-state index >= 15 is 0 Å². The van der Waals surface area contributed by atoms with Crippen LogP contribution < -0.4 is 4.74 Å². The zero-order chi connectivity index (χ0) is 16.9. The van der Waals surface area contributed by atoms with E-state index in [0.29, 0.717) is 28.8 Å². The molecule has 0 unspecified atom stereocenters. The molecule has 3 rings (SSSR count). The number of rotatable bonds is 5. The molecule has 0 saturated carbocycles. The normalized spacial score (nSPS) is 10.6. The first-order chi connectivity index (χ1) is 11.6. The van der Waals surface area contributed by atoms with Crippen LogP contribution in [0.4, 0.5) is 0 Å². The minimum atomic E-state index is -0.373. The number of esters is 1. The first-order valence-corrected chi connectivity index (χ1v) is 7.96. The van der Waals surface area contributed by atoms with Crippen molar-refractivity contribution < 1.29 is 13.9 Å². The van der Waals surface area contributed by atoms with Gasteiger partial charge in [-0.3, -0.25) is 4.79 Å². The number of nitrogens with zero attached hydrogens (tertiary/aromatic N) is 1. The molecule has 0 radical (unpaired) electrons. The summed E-state index contributed by atoms with van der Waals surface area (Å²) in [7, 11) is 0. The Morgan fingerprint density at radius 2 is 2.00 bits per heavy atom. The van der Waals surface area contributed by atoms with Crippen molar-refractivity contribution in [1.82, 2.24) is 4.98 Å². The Labute approximate surface area is 145 Å². The fourth-order valence-corrected chi connectivity index (χ4v) is 2.39. The van der Waals surface area contributed by atoms with E-state index in [9.17, 15) is 4.79 Å². The lowest BCUT2D eigenvalue weighted by atomic mass is 10.2. The molecule has 0 bridgehead atoms. The molecule has 2 aromatic carbocycles. The van der Waals surface area contributed by atoms with Crippen LogP contribution in [0.5, 0.6) is 5.75 Å². The van der Waals surface area contributed by atoms with E-state index in [1.54, 1.807) is 18.3 Å². The lowest BCUT2D eigenvalue weighted by molar-refractivity contribution is -0.134. The molecule has 122 valence electrons. The van der Waals surface area contributed by atoms with Crippen molar-refractivity contribution in [2.45, 2.75) is 19.8 Å². The number of hydrogen-bond donors (Lipinski definition) is 0. The smallest absolute Gasteiger partial charge is 0.311 e. The van der Waals surface area contributed by atoms with Gasteiger partial charge in [0.05, 0.1) is 17.6 Å². The van der Waals surface area contributed by atoms with Crippen LogP contribution in [0.25, 0.3) is 11.3 Å². The van der Waals surface area contributed by atoms with Crippen molar-refractivity contribution in [2.24, 2.45) is 0 Å². The van der Waals surface area contributed by atoms with Crippen LogP contribution in [0.2, 0.25) is 5.02 Å². The Hall–Kier alpha value is -2.59. The summed E-state index contributed by atoms with van der Waals surface area (Å²) in [6.07, 6.45) is 2.20. The summed E-state index contributed by atoms with van der Waals surface area (Å²) in [4.78, 5) is 16.2. The van der Waals surface area contributed by atoms with E-state index in [1.165, 1.54) is 0 Å². The molecule has 0 saturated heterocycles. The quantitative estimate of drug-likeness (QED) is 0.492. The van der Waals surface area contributed by atoms with Gasteiger partial charge in [0.1, 0.15) is 5.75 Å². The number of benzene rings is 2. The molecule has 4 nitrogen and oxygen atoms in total. The van der Waals surface area contributed by atoms with Crippen molar-refractivity contribution in [3.8, 4) is 17.1 Å². The summed E-state index contributed by atoms with van der Waals surface area (Å²) >= 11 is 6.02. The van der Waals surface area contributed by atoms with Crippen molar-refractivity contribution in [2.75, 3.05) is 0 Å². The maximum Gasteiger partial charge on any atom is 0.311 e. The second-order valence-electron chi connectivity index (χ2n) is 5.39. The zero-order valence-corrected chi connectivity index (χ0v) is 13.9. The van der Waals surface area contributed by atoms with Gasteiger partial charge in [-0.15, -0.1) is 0 Å². The third-order valence-electron chi connectivity index (χ3n) is 3.47. The van der Waals surface area contributed by atoms with Gasteiger partial charge in [-0.25, -0.2) is 4.98 Å².